The largest absolute Gasteiger partial charge is 0.396 e. The third-order valence-corrected chi connectivity index (χ3v) is 5.01. The minimum Gasteiger partial charge on any atom is -0.396 e. The van der Waals surface area contributed by atoms with Crippen LogP contribution in [0.1, 0.15) is 31.6 Å². The SMILES string of the molecule is CN(Cc1nc(-c2ccsc2)no1)C1CCC(CO)CC1. The zero-order valence-electron chi connectivity index (χ0n) is 12.2. The lowest BCUT2D eigenvalue weighted by atomic mass is 9.86. The van der Waals surface area contributed by atoms with Crippen molar-refractivity contribution in [1.82, 2.24) is 15.0 Å². The Morgan fingerprint density at radius 3 is 2.86 bits per heavy atom. The van der Waals surface area contributed by atoms with Gasteiger partial charge in [0.15, 0.2) is 0 Å². The van der Waals surface area contributed by atoms with Crippen molar-refractivity contribution in [2.75, 3.05) is 13.7 Å². The van der Waals surface area contributed by atoms with E-state index in [4.69, 9.17) is 4.52 Å². The van der Waals surface area contributed by atoms with Gasteiger partial charge in [0.2, 0.25) is 11.7 Å². The fourth-order valence-corrected chi connectivity index (χ4v) is 3.57. The Bertz CT molecular complexity index is 547. The molecule has 1 saturated carbocycles. The number of rotatable bonds is 5. The highest BCUT2D eigenvalue weighted by Crippen LogP contribution is 2.27. The summed E-state index contributed by atoms with van der Waals surface area (Å²) >= 11 is 1.63. The molecule has 1 aliphatic rings. The summed E-state index contributed by atoms with van der Waals surface area (Å²) in [5.74, 6) is 1.83. The first-order valence-corrected chi connectivity index (χ1v) is 8.37. The van der Waals surface area contributed by atoms with Gasteiger partial charge < -0.3 is 9.63 Å². The molecule has 0 atom stereocenters. The summed E-state index contributed by atoms with van der Waals surface area (Å²) < 4.78 is 5.35. The molecule has 5 nitrogen and oxygen atoms in total. The molecule has 3 rings (SSSR count). The Morgan fingerprint density at radius 1 is 1.38 bits per heavy atom. The lowest BCUT2D eigenvalue weighted by Gasteiger charge is -2.33. The molecule has 0 bridgehead atoms. The van der Waals surface area contributed by atoms with Crippen molar-refractivity contribution in [3.63, 3.8) is 0 Å². The van der Waals surface area contributed by atoms with Crippen LogP contribution in [0.3, 0.4) is 0 Å². The van der Waals surface area contributed by atoms with Crippen LogP contribution in [0.15, 0.2) is 21.3 Å². The van der Waals surface area contributed by atoms with Crippen molar-refractivity contribution in [2.45, 2.75) is 38.3 Å². The van der Waals surface area contributed by atoms with E-state index in [0.29, 0.717) is 36.8 Å². The molecule has 1 aliphatic carbocycles. The minimum atomic E-state index is 0.324. The van der Waals surface area contributed by atoms with E-state index in [0.717, 1.165) is 31.2 Å². The highest BCUT2D eigenvalue weighted by molar-refractivity contribution is 7.08. The zero-order valence-corrected chi connectivity index (χ0v) is 13.1. The van der Waals surface area contributed by atoms with Gasteiger partial charge in [-0.1, -0.05) is 5.16 Å². The van der Waals surface area contributed by atoms with Crippen molar-refractivity contribution in [3.8, 4) is 11.4 Å². The smallest absolute Gasteiger partial charge is 0.241 e. The predicted molar refractivity (Wildman–Crippen MR) is 81.9 cm³/mol. The van der Waals surface area contributed by atoms with Crippen LogP contribution in [-0.2, 0) is 6.54 Å². The van der Waals surface area contributed by atoms with Crippen molar-refractivity contribution < 1.29 is 9.63 Å². The van der Waals surface area contributed by atoms with Crippen LogP contribution in [0.5, 0.6) is 0 Å². The topological polar surface area (TPSA) is 62.4 Å². The standard InChI is InChI=1S/C15H21N3O2S/c1-18(13-4-2-11(9-19)3-5-13)8-14-16-15(17-20-14)12-6-7-21-10-12/h6-7,10-11,13,19H,2-5,8-9H2,1H3. The van der Waals surface area contributed by atoms with Crippen molar-refractivity contribution >= 4 is 11.3 Å². The molecule has 0 saturated heterocycles. The summed E-state index contributed by atoms with van der Waals surface area (Å²) in [6.07, 6.45) is 4.48. The Labute approximate surface area is 128 Å². The summed E-state index contributed by atoms with van der Waals surface area (Å²) in [4.78, 5) is 6.76. The molecule has 2 aromatic rings. The second kappa shape index (κ2) is 6.68. The van der Waals surface area contributed by atoms with Gasteiger partial charge in [-0.2, -0.15) is 16.3 Å². The zero-order chi connectivity index (χ0) is 14.7. The van der Waals surface area contributed by atoms with E-state index < -0.39 is 0 Å². The number of aliphatic hydroxyl groups excluding tert-OH is 1. The molecule has 0 radical (unpaired) electrons. The molecular weight excluding hydrogens is 286 g/mol. The Hall–Kier alpha value is -1.24. The quantitative estimate of drug-likeness (QED) is 0.920. The molecule has 114 valence electrons. The van der Waals surface area contributed by atoms with Crippen molar-refractivity contribution in [2.24, 2.45) is 5.92 Å². The van der Waals surface area contributed by atoms with Crippen LogP contribution in [0.2, 0.25) is 0 Å². The van der Waals surface area contributed by atoms with E-state index in [1.54, 1.807) is 11.3 Å². The molecule has 0 unspecified atom stereocenters. The number of aliphatic hydroxyl groups is 1. The minimum absolute atomic E-state index is 0.324. The fourth-order valence-electron chi connectivity index (χ4n) is 2.94. The molecule has 0 aliphatic heterocycles. The maximum Gasteiger partial charge on any atom is 0.241 e. The second-order valence-corrected chi connectivity index (χ2v) is 6.58. The average molecular weight is 307 g/mol. The number of hydrogen-bond acceptors (Lipinski definition) is 6. The summed E-state index contributed by atoms with van der Waals surface area (Å²) in [6.45, 7) is 1.01. The molecule has 1 N–H and O–H groups in total. The van der Waals surface area contributed by atoms with E-state index in [9.17, 15) is 5.11 Å². The van der Waals surface area contributed by atoms with Crippen LogP contribution < -0.4 is 0 Å². The number of hydrogen-bond donors (Lipinski definition) is 1. The molecule has 0 aromatic carbocycles. The van der Waals surface area contributed by atoms with Gasteiger partial charge in [0.05, 0.1) is 6.54 Å². The average Bonchev–Trinajstić information content (AvgIpc) is 3.18. The van der Waals surface area contributed by atoms with Crippen LogP contribution in [0.4, 0.5) is 0 Å². The number of thiophene rings is 1. The third-order valence-electron chi connectivity index (χ3n) is 4.33. The van der Waals surface area contributed by atoms with E-state index in [1.165, 1.54) is 0 Å². The van der Waals surface area contributed by atoms with Crippen LogP contribution in [-0.4, -0.2) is 39.8 Å². The van der Waals surface area contributed by atoms with Gasteiger partial charge in [-0.3, -0.25) is 4.90 Å². The second-order valence-electron chi connectivity index (χ2n) is 5.80. The van der Waals surface area contributed by atoms with Gasteiger partial charge in [-0.15, -0.1) is 0 Å². The maximum atomic E-state index is 9.20. The highest BCUT2D eigenvalue weighted by atomic mass is 32.1. The predicted octanol–water partition coefficient (Wildman–Crippen LogP) is 2.78. The van der Waals surface area contributed by atoms with Crippen LogP contribution in [0.25, 0.3) is 11.4 Å². The molecule has 0 amide bonds. The molecular formula is C15H21N3O2S. The first-order valence-electron chi connectivity index (χ1n) is 7.42. The van der Waals surface area contributed by atoms with Gasteiger partial charge in [0.25, 0.3) is 0 Å². The van der Waals surface area contributed by atoms with E-state index in [-0.39, 0.29) is 0 Å². The summed E-state index contributed by atoms with van der Waals surface area (Å²) in [5.41, 5.74) is 1.01. The van der Waals surface area contributed by atoms with Gasteiger partial charge in [0.1, 0.15) is 0 Å². The highest BCUT2D eigenvalue weighted by Gasteiger charge is 2.24. The molecule has 0 spiro atoms. The van der Waals surface area contributed by atoms with E-state index >= 15 is 0 Å². The first-order chi connectivity index (χ1) is 10.3. The van der Waals surface area contributed by atoms with Gasteiger partial charge in [0, 0.05) is 23.6 Å². The molecule has 2 heterocycles. The third kappa shape index (κ3) is 3.51. The first kappa shape index (κ1) is 14.7. The normalized spacial score (nSPS) is 22.8. The lowest BCUT2D eigenvalue weighted by molar-refractivity contribution is 0.116. The van der Waals surface area contributed by atoms with Gasteiger partial charge >= 0.3 is 0 Å². The van der Waals surface area contributed by atoms with E-state index in [2.05, 4.69) is 22.1 Å². The summed E-state index contributed by atoms with van der Waals surface area (Å²) in [5, 5.41) is 17.3. The lowest BCUT2D eigenvalue weighted by Crippen LogP contribution is -2.35. The molecule has 21 heavy (non-hydrogen) atoms. The molecule has 6 heteroatoms. The Kier molecular flexibility index (Phi) is 4.67. The van der Waals surface area contributed by atoms with Gasteiger partial charge in [-0.25, -0.2) is 0 Å². The molecule has 1 fully saturated rings. The summed E-state index contributed by atoms with van der Waals surface area (Å²) in [7, 11) is 2.11. The number of aromatic nitrogens is 2. The van der Waals surface area contributed by atoms with Gasteiger partial charge in [-0.05, 0) is 50.1 Å². The Morgan fingerprint density at radius 2 is 2.19 bits per heavy atom. The van der Waals surface area contributed by atoms with E-state index in [1.807, 2.05) is 16.8 Å². The van der Waals surface area contributed by atoms with Crippen LogP contribution in [0, 0.1) is 5.92 Å². The fraction of sp³-hybridized carbons (Fsp3) is 0.600. The Balaban J connectivity index is 1.57. The monoisotopic (exact) mass is 307 g/mol. The van der Waals surface area contributed by atoms with Crippen LogP contribution >= 0.6 is 11.3 Å². The number of nitrogens with zero attached hydrogens (tertiary/aromatic N) is 3. The van der Waals surface area contributed by atoms with Crippen molar-refractivity contribution in [3.05, 3.63) is 22.7 Å². The summed E-state index contributed by atoms with van der Waals surface area (Å²) in [6, 6.07) is 2.54. The maximum absolute atomic E-state index is 9.20. The van der Waals surface area contributed by atoms with Crippen molar-refractivity contribution in [1.29, 1.82) is 0 Å². The molecule has 2 aromatic heterocycles.